The molecule has 72 valence electrons. The highest BCUT2D eigenvalue weighted by Gasteiger charge is 2.01. The van der Waals surface area contributed by atoms with Crippen LogP contribution in [-0.4, -0.2) is 6.54 Å². The van der Waals surface area contributed by atoms with Gasteiger partial charge in [0.15, 0.2) is 0 Å². The van der Waals surface area contributed by atoms with Crippen molar-refractivity contribution < 1.29 is 0 Å². The van der Waals surface area contributed by atoms with Gasteiger partial charge in [-0.2, -0.15) is 0 Å². The molecule has 0 saturated heterocycles. The van der Waals surface area contributed by atoms with Crippen LogP contribution in [0.3, 0.4) is 0 Å². The van der Waals surface area contributed by atoms with E-state index in [2.05, 4.69) is 60.2 Å². The Balaban J connectivity index is 2.71. The number of hydrogen-bond donors (Lipinski definition) is 1. The standard InChI is InChI=1S/C11H16BrN/c1-8(2)7-13-11-6-4-5-10(12)9(11)3/h4-6,8,13H,7H2,1-3H3. The van der Waals surface area contributed by atoms with E-state index in [0.717, 1.165) is 6.54 Å². The van der Waals surface area contributed by atoms with E-state index in [1.54, 1.807) is 0 Å². The zero-order valence-corrected chi connectivity index (χ0v) is 9.98. The first kappa shape index (κ1) is 10.6. The van der Waals surface area contributed by atoms with Crippen LogP contribution in [0.25, 0.3) is 0 Å². The Hall–Kier alpha value is -0.500. The van der Waals surface area contributed by atoms with Crippen molar-refractivity contribution in [3.63, 3.8) is 0 Å². The topological polar surface area (TPSA) is 12.0 Å². The molecular formula is C11H16BrN. The fourth-order valence-corrected chi connectivity index (χ4v) is 1.48. The number of rotatable bonds is 3. The highest BCUT2D eigenvalue weighted by atomic mass is 79.9. The summed E-state index contributed by atoms with van der Waals surface area (Å²) in [6, 6.07) is 6.23. The molecule has 1 nitrogen and oxygen atoms in total. The highest BCUT2D eigenvalue weighted by Crippen LogP contribution is 2.23. The number of benzene rings is 1. The normalized spacial score (nSPS) is 10.5. The van der Waals surface area contributed by atoms with Gasteiger partial charge in [-0.1, -0.05) is 35.8 Å². The van der Waals surface area contributed by atoms with E-state index in [0.29, 0.717) is 5.92 Å². The van der Waals surface area contributed by atoms with Crippen molar-refractivity contribution in [2.24, 2.45) is 5.92 Å². The third-order valence-electron chi connectivity index (χ3n) is 1.97. The molecule has 0 aliphatic heterocycles. The van der Waals surface area contributed by atoms with E-state index in [-0.39, 0.29) is 0 Å². The molecule has 0 atom stereocenters. The predicted molar refractivity (Wildman–Crippen MR) is 62.2 cm³/mol. The van der Waals surface area contributed by atoms with Gasteiger partial charge in [0.25, 0.3) is 0 Å². The van der Waals surface area contributed by atoms with Gasteiger partial charge in [-0.3, -0.25) is 0 Å². The summed E-state index contributed by atoms with van der Waals surface area (Å²) in [5, 5.41) is 3.42. The van der Waals surface area contributed by atoms with Gasteiger partial charge in [0.2, 0.25) is 0 Å². The van der Waals surface area contributed by atoms with Crippen LogP contribution in [0.1, 0.15) is 19.4 Å². The van der Waals surface area contributed by atoms with Crippen molar-refractivity contribution >= 4 is 21.6 Å². The summed E-state index contributed by atoms with van der Waals surface area (Å²) in [4.78, 5) is 0. The lowest BCUT2D eigenvalue weighted by atomic mass is 10.1. The second-order valence-electron chi connectivity index (χ2n) is 3.69. The first-order valence-corrected chi connectivity index (χ1v) is 5.39. The summed E-state index contributed by atoms with van der Waals surface area (Å²) in [6.07, 6.45) is 0. The molecule has 0 saturated carbocycles. The van der Waals surface area contributed by atoms with E-state index < -0.39 is 0 Å². The predicted octanol–water partition coefficient (Wildman–Crippen LogP) is 3.83. The van der Waals surface area contributed by atoms with Crippen LogP contribution >= 0.6 is 15.9 Å². The van der Waals surface area contributed by atoms with Crippen molar-refractivity contribution in [1.29, 1.82) is 0 Å². The summed E-state index contributed by atoms with van der Waals surface area (Å²) in [5.74, 6) is 0.679. The molecule has 0 aromatic heterocycles. The zero-order valence-electron chi connectivity index (χ0n) is 8.39. The summed E-state index contributed by atoms with van der Waals surface area (Å²) in [7, 11) is 0. The molecule has 1 aromatic carbocycles. The largest absolute Gasteiger partial charge is 0.385 e. The van der Waals surface area contributed by atoms with Gasteiger partial charge >= 0.3 is 0 Å². The molecule has 0 heterocycles. The Morgan fingerprint density at radius 1 is 1.38 bits per heavy atom. The Morgan fingerprint density at radius 3 is 2.69 bits per heavy atom. The molecule has 0 aliphatic carbocycles. The van der Waals surface area contributed by atoms with Gasteiger partial charge in [-0.05, 0) is 30.5 Å². The lowest BCUT2D eigenvalue weighted by molar-refractivity contribution is 0.688. The van der Waals surface area contributed by atoms with Crippen LogP contribution < -0.4 is 5.32 Å². The second kappa shape index (κ2) is 4.66. The van der Waals surface area contributed by atoms with Crippen molar-refractivity contribution in [3.05, 3.63) is 28.2 Å². The maximum atomic E-state index is 3.51. The van der Waals surface area contributed by atoms with Crippen LogP contribution in [0.5, 0.6) is 0 Å². The Labute approximate surface area is 88.7 Å². The fraction of sp³-hybridized carbons (Fsp3) is 0.455. The average Bonchev–Trinajstić information content (AvgIpc) is 2.07. The molecule has 0 unspecified atom stereocenters. The minimum Gasteiger partial charge on any atom is -0.385 e. The van der Waals surface area contributed by atoms with Crippen LogP contribution in [0.15, 0.2) is 22.7 Å². The molecule has 0 aliphatic rings. The van der Waals surface area contributed by atoms with Gasteiger partial charge in [-0.25, -0.2) is 0 Å². The van der Waals surface area contributed by atoms with Crippen LogP contribution in [-0.2, 0) is 0 Å². The SMILES string of the molecule is Cc1c(Br)cccc1NCC(C)C. The molecule has 1 aromatic rings. The van der Waals surface area contributed by atoms with Crippen LogP contribution in [0, 0.1) is 12.8 Å². The molecule has 1 N–H and O–H groups in total. The highest BCUT2D eigenvalue weighted by molar-refractivity contribution is 9.10. The summed E-state index contributed by atoms with van der Waals surface area (Å²) >= 11 is 3.51. The molecule has 0 radical (unpaired) electrons. The monoisotopic (exact) mass is 241 g/mol. The first-order valence-electron chi connectivity index (χ1n) is 4.60. The molecular weight excluding hydrogens is 226 g/mol. The van der Waals surface area contributed by atoms with Crippen LogP contribution in [0.2, 0.25) is 0 Å². The minimum absolute atomic E-state index is 0.679. The van der Waals surface area contributed by atoms with Gasteiger partial charge in [0.1, 0.15) is 0 Å². The number of hydrogen-bond acceptors (Lipinski definition) is 1. The Morgan fingerprint density at radius 2 is 2.08 bits per heavy atom. The van der Waals surface area contributed by atoms with E-state index in [1.807, 2.05) is 0 Å². The number of nitrogens with one attached hydrogen (secondary N) is 1. The molecule has 2 heteroatoms. The Kier molecular flexibility index (Phi) is 3.79. The van der Waals surface area contributed by atoms with Gasteiger partial charge in [0, 0.05) is 16.7 Å². The molecule has 13 heavy (non-hydrogen) atoms. The van der Waals surface area contributed by atoms with E-state index >= 15 is 0 Å². The smallest absolute Gasteiger partial charge is 0.0381 e. The van der Waals surface area contributed by atoms with Gasteiger partial charge < -0.3 is 5.32 Å². The first-order chi connectivity index (χ1) is 6.11. The Bertz CT molecular complexity index is 281. The molecule has 0 spiro atoms. The van der Waals surface area contributed by atoms with Crippen molar-refractivity contribution in [2.75, 3.05) is 11.9 Å². The molecule has 0 amide bonds. The van der Waals surface area contributed by atoms with E-state index in [9.17, 15) is 0 Å². The summed E-state index contributed by atoms with van der Waals surface area (Å²) < 4.78 is 1.17. The molecule has 0 fully saturated rings. The van der Waals surface area contributed by atoms with Crippen LogP contribution in [0.4, 0.5) is 5.69 Å². The van der Waals surface area contributed by atoms with Crippen molar-refractivity contribution in [1.82, 2.24) is 0 Å². The lowest BCUT2D eigenvalue weighted by Gasteiger charge is -2.12. The molecule has 0 bridgehead atoms. The molecule has 1 rings (SSSR count). The second-order valence-corrected chi connectivity index (χ2v) is 4.54. The van der Waals surface area contributed by atoms with Gasteiger partial charge in [-0.15, -0.1) is 0 Å². The van der Waals surface area contributed by atoms with Gasteiger partial charge in [0.05, 0.1) is 0 Å². The fourth-order valence-electron chi connectivity index (χ4n) is 1.11. The maximum Gasteiger partial charge on any atom is 0.0381 e. The number of halogens is 1. The van der Waals surface area contributed by atoms with E-state index in [4.69, 9.17) is 0 Å². The maximum absolute atomic E-state index is 3.51. The third kappa shape index (κ3) is 3.03. The quantitative estimate of drug-likeness (QED) is 0.849. The summed E-state index contributed by atoms with van der Waals surface area (Å²) in [6.45, 7) is 7.56. The number of anilines is 1. The zero-order chi connectivity index (χ0) is 9.84. The summed E-state index contributed by atoms with van der Waals surface area (Å²) in [5.41, 5.74) is 2.51. The average molecular weight is 242 g/mol. The van der Waals surface area contributed by atoms with E-state index in [1.165, 1.54) is 15.7 Å². The third-order valence-corrected chi connectivity index (χ3v) is 2.83. The van der Waals surface area contributed by atoms with Crippen molar-refractivity contribution in [3.8, 4) is 0 Å². The lowest BCUT2D eigenvalue weighted by Crippen LogP contribution is -2.08. The van der Waals surface area contributed by atoms with Crippen molar-refractivity contribution in [2.45, 2.75) is 20.8 Å². The minimum atomic E-state index is 0.679.